The fourth-order valence-electron chi connectivity index (χ4n) is 2.20. The van der Waals surface area contributed by atoms with E-state index in [4.69, 9.17) is 0 Å². The minimum absolute atomic E-state index is 0.0564. The Morgan fingerprint density at radius 1 is 0.960 bits per heavy atom. The maximum atomic E-state index is 12.0. The first-order valence-corrected chi connectivity index (χ1v) is 9.00. The third-order valence-corrected chi connectivity index (χ3v) is 4.09. The van der Waals surface area contributed by atoms with Crippen molar-refractivity contribution in [3.05, 3.63) is 70.2 Å². The van der Waals surface area contributed by atoms with Gasteiger partial charge in [0, 0.05) is 36.7 Å². The van der Waals surface area contributed by atoms with Crippen molar-refractivity contribution < 1.29 is 4.79 Å². The first-order chi connectivity index (χ1) is 12.2. The van der Waals surface area contributed by atoms with Crippen molar-refractivity contribution in [2.45, 2.75) is 13.0 Å². The van der Waals surface area contributed by atoms with Gasteiger partial charge in [-0.15, -0.1) is 0 Å². The van der Waals surface area contributed by atoms with E-state index in [0.29, 0.717) is 12.1 Å². The number of nitrogens with zero attached hydrogens (tertiary/aromatic N) is 1. The molecule has 2 aromatic rings. The quantitative estimate of drug-likeness (QED) is 0.379. The highest BCUT2D eigenvalue weighted by atomic mass is 79.9. The lowest BCUT2D eigenvalue weighted by atomic mass is 10.2. The van der Waals surface area contributed by atoms with Gasteiger partial charge in [0.15, 0.2) is 5.96 Å². The predicted octanol–water partition coefficient (Wildman–Crippen LogP) is 2.93. The van der Waals surface area contributed by atoms with Gasteiger partial charge in [-0.2, -0.15) is 0 Å². The number of halogens is 1. The first kappa shape index (κ1) is 19.0. The summed E-state index contributed by atoms with van der Waals surface area (Å²) in [7, 11) is 1.75. The average Bonchev–Trinajstić information content (AvgIpc) is 2.65. The molecule has 0 aliphatic heterocycles. The van der Waals surface area contributed by atoms with E-state index in [1.165, 1.54) is 5.56 Å². The van der Waals surface area contributed by atoms with Gasteiger partial charge in [-0.05, 0) is 36.2 Å². The predicted molar refractivity (Wildman–Crippen MR) is 106 cm³/mol. The van der Waals surface area contributed by atoms with Crippen molar-refractivity contribution in [2.75, 3.05) is 20.1 Å². The second-order valence-corrected chi connectivity index (χ2v) is 6.37. The van der Waals surface area contributed by atoms with Crippen molar-refractivity contribution in [3.8, 4) is 0 Å². The molecule has 0 aromatic heterocycles. The third-order valence-electron chi connectivity index (χ3n) is 3.56. The van der Waals surface area contributed by atoms with Crippen LogP contribution in [0.1, 0.15) is 22.3 Å². The summed E-state index contributed by atoms with van der Waals surface area (Å²) in [6, 6.07) is 17.5. The van der Waals surface area contributed by atoms with Gasteiger partial charge >= 0.3 is 0 Å². The summed E-state index contributed by atoms with van der Waals surface area (Å²) >= 11 is 3.36. The maximum absolute atomic E-state index is 12.0. The van der Waals surface area contributed by atoms with Crippen molar-refractivity contribution in [1.82, 2.24) is 16.0 Å². The summed E-state index contributed by atoms with van der Waals surface area (Å²) in [5.41, 5.74) is 1.86. The Labute approximate surface area is 157 Å². The molecule has 2 rings (SSSR count). The molecule has 0 saturated carbocycles. The van der Waals surface area contributed by atoms with E-state index in [9.17, 15) is 4.79 Å². The number of rotatable bonds is 7. The molecular weight excluding hydrogens is 380 g/mol. The van der Waals surface area contributed by atoms with Crippen LogP contribution in [0.2, 0.25) is 0 Å². The Hall–Kier alpha value is -2.34. The van der Waals surface area contributed by atoms with Gasteiger partial charge in [-0.3, -0.25) is 9.79 Å². The molecular formula is C19H23BrN4O. The summed E-state index contributed by atoms with van der Waals surface area (Å²) in [6.45, 7) is 2.06. The van der Waals surface area contributed by atoms with Crippen LogP contribution < -0.4 is 16.0 Å². The number of carbonyl (C=O) groups excluding carboxylic acids is 1. The van der Waals surface area contributed by atoms with Gasteiger partial charge < -0.3 is 16.0 Å². The molecule has 25 heavy (non-hydrogen) atoms. The lowest BCUT2D eigenvalue weighted by Gasteiger charge is -2.12. The molecule has 0 heterocycles. The van der Waals surface area contributed by atoms with E-state index in [1.54, 1.807) is 19.2 Å². The van der Waals surface area contributed by atoms with Gasteiger partial charge in [-0.1, -0.05) is 46.3 Å². The second kappa shape index (κ2) is 10.5. The highest BCUT2D eigenvalue weighted by Crippen LogP contribution is 2.10. The van der Waals surface area contributed by atoms with Crippen LogP contribution in [0.5, 0.6) is 0 Å². The molecule has 2 aromatic carbocycles. The summed E-state index contributed by atoms with van der Waals surface area (Å²) < 4.78 is 0.961. The highest BCUT2D eigenvalue weighted by molar-refractivity contribution is 9.10. The van der Waals surface area contributed by atoms with Gasteiger partial charge in [0.1, 0.15) is 0 Å². The molecule has 0 saturated heterocycles. The fraction of sp³-hybridized carbons (Fsp3) is 0.263. The molecule has 0 radical (unpaired) electrons. The van der Waals surface area contributed by atoms with Gasteiger partial charge in [0.2, 0.25) is 0 Å². The summed E-state index contributed by atoms with van der Waals surface area (Å²) in [6.07, 6.45) is 0.814. The Morgan fingerprint density at radius 3 is 2.32 bits per heavy atom. The zero-order chi connectivity index (χ0) is 17.9. The van der Waals surface area contributed by atoms with Gasteiger partial charge in [-0.25, -0.2) is 0 Å². The van der Waals surface area contributed by atoms with Gasteiger partial charge in [0.05, 0.1) is 0 Å². The van der Waals surface area contributed by atoms with Crippen molar-refractivity contribution >= 4 is 27.8 Å². The standard InChI is InChI=1S/C19H23BrN4O/c1-21-19(24-14-15-6-3-2-4-7-15)23-13-5-12-22-18(25)16-8-10-17(20)11-9-16/h2-4,6-11H,5,12-14H2,1H3,(H,22,25)(H2,21,23,24). The molecule has 0 spiro atoms. The molecule has 0 fully saturated rings. The third kappa shape index (κ3) is 6.97. The minimum atomic E-state index is -0.0564. The van der Waals surface area contributed by atoms with Crippen LogP contribution in [-0.2, 0) is 6.54 Å². The van der Waals surface area contributed by atoms with Crippen molar-refractivity contribution in [1.29, 1.82) is 0 Å². The molecule has 0 aliphatic carbocycles. The minimum Gasteiger partial charge on any atom is -0.356 e. The number of amides is 1. The summed E-state index contributed by atoms with van der Waals surface area (Å²) in [5, 5.41) is 9.42. The molecule has 0 atom stereocenters. The van der Waals surface area contributed by atoms with E-state index < -0.39 is 0 Å². The lowest BCUT2D eigenvalue weighted by Crippen LogP contribution is -2.38. The van der Waals surface area contributed by atoms with E-state index in [2.05, 4.69) is 49.0 Å². The molecule has 0 bridgehead atoms. The molecule has 5 nitrogen and oxygen atoms in total. The lowest BCUT2D eigenvalue weighted by molar-refractivity contribution is 0.0953. The highest BCUT2D eigenvalue weighted by Gasteiger charge is 2.04. The average molecular weight is 403 g/mol. The Balaban J connectivity index is 1.62. The van der Waals surface area contributed by atoms with E-state index >= 15 is 0 Å². The number of hydrogen-bond donors (Lipinski definition) is 3. The van der Waals surface area contributed by atoms with E-state index in [0.717, 1.165) is 29.9 Å². The largest absolute Gasteiger partial charge is 0.356 e. The Kier molecular flexibility index (Phi) is 7.98. The van der Waals surface area contributed by atoms with Gasteiger partial charge in [0.25, 0.3) is 5.91 Å². The smallest absolute Gasteiger partial charge is 0.251 e. The van der Waals surface area contributed by atoms with E-state index in [1.807, 2.05) is 30.3 Å². The Morgan fingerprint density at radius 2 is 1.64 bits per heavy atom. The van der Waals surface area contributed by atoms with Crippen LogP contribution in [0.4, 0.5) is 0 Å². The topological polar surface area (TPSA) is 65.5 Å². The van der Waals surface area contributed by atoms with Crippen LogP contribution >= 0.6 is 15.9 Å². The zero-order valence-corrected chi connectivity index (χ0v) is 15.8. The molecule has 1 amide bonds. The van der Waals surface area contributed by atoms with E-state index in [-0.39, 0.29) is 5.91 Å². The SMILES string of the molecule is CN=C(NCCCNC(=O)c1ccc(Br)cc1)NCc1ccccc1. The number of guanidine groups is 1. The monoisotopic (exact) mass is 402 g/mol. The second-order valence-electron chi connectivity index (χ2n) is 5.45. The van der Waals surface area contributed by atoms with Crippen LogP contribution in [0.3, 0.4) is 0 Å². The van der Waals surface area contributed by atoms with Crippen LogP contribution in [0.15, 0.2) is 64.1 Å². The summed E-state index contributed by atoms with van der Waals surface area (Å²) in [5.74, 6) is 0.696. The molecule has 3 N–H and O–H groups in total. The van der Waals surface area contributed by atoms with Crippen LogP contribution in [-0.4, -0.2) is 32.0 Å². The van der Waals surface area contributed by atoms with Crippen molar-refractivity contribution in [2.24, 2.45) is 4.99 Å². The normalized spacial score (nSPS) is 11.0. The number of carbonyl (C=O) groups is 1. The van der Waals surface area contributed by atoms with Crippen LogP contribution in [0.25, 0.3) is 0 Å². The molecule has 0 aliphatic rings. The van der Waals surface area contributed by atoms with Crippen molar-refractivity contribution in [3.63, 3.8) is 0 Å². The molecule has 0 unspecified atom stereocenters. The number of aliphatic imine (C=N–C) groups is 1. The van der Waals surface area contributed by atoms with Crippen LogP contribution in [0, 0.1) is 0 Å². The first-order valence-electron chi connectivity index (χ1n) is 8.21. The number of hydrogen-bond acceptors (Lipinski definition) is 2. The number of nitrogens with one attached hydrogen (secondary N) is 3. The maximum Gasteiger partial charge on any atom is 0.251 e. The summed E-state index contributed by atoms with van der Waals surface area (Å²) in [4.78, 5) is 16.2. The fourth-order valence-corrected chi connectivity index (χ4v) is 2.47. The molecule has 132 valence electrons. The number of benzene rings is 2. The zero-order valence-electron chi connectivity index (χ0n) is 14.3. The molecule has 6 heteroatoms. The Bertz CT molecular complexity index is 686.